The van der Waals surface area contributed by atoms with Crippen LogP contribution in [0.25, 0.3) is 5.57 Å². The summed E-state index contributed by atoms with van der Waals surface area (Å²) in [7, 11) is 0. The zero-order valence-corrected chi connectivity index (χ0v) is 17.8. The van der Waals surface area contributed by atoms with Crippen LogP contribution in [0.3, 0.4) is 0 Å². The van der Waals surface area contributed by atoms with E-state index in [4.69, 9.17) is 0 Å². The second-order valence-corrected chi connectivity index (χ2v) is 7.51. The average Bonchev–Trinajstić information content (AvgIpc) is 3.05. The van der Waals surface area contributed by atoms with Crippen LogP contribution in [0, 0.1) is 0 Å². The van der Waals surface area contributed by atoms with Crippen molar-refractivity contribution in [2.75, 3.05) is 42.9 Å². The Labute approximate surface area is 186 Å². The minimum atomic E-state index is -0.342. The van der Waals surface area contributed by atoms with Gasteiger partial charge in [-0.05, 0) is 23.8 Å². The highest BCUT2D eigenvalue weighted by molar-refractivity contribution is 6.35. The number of imide groups is 1. The third kappa shape index (κ3) is 4.09. The minimum Gasteiger partial charge on any atom is -0.363 e. The molecular weight excluding hydrogens is 408 g/mol. The van der Waals surface area contributed by atoms with Crippen molar-refractivity contribution in [2.24, 2.45) is 0 Å². The van der Waals surface area contributed by atoms with Crippen LogP contribution in [0.2, 0.25) is 0 Å². The highest BCUT2D eigenvalue weighted by Crippen LogP contribution is 2.33. The van der Waals surface area contributed by atoms with Gasteiger partial charge in [0.25, 0.3) is 11.8 Å². The van der Waals surface area contributed by atoms with Gasteiger partial charge in [-0.3, -0.25) is 19.3 Å². The van der Waals surface area contributed by atoms with Gasteiger partial charge in [-0.25, -0.2) is 9.97 Å². The largest absolute Gasteiger partial charge is 0.363 e. The number of benzene rings is 1. The topological polar surface area (TPSA) is 98.7 Å². The maximum Gasteiger partial charge on any atom is 0.278 e. The number of piperazine rings is 1. The zero-order chi connectivity index (χ0) is 22.7. The molecule has 0 saturated carbocycles. The fourth-order valence-electron chi connectivity index (χ4n) is 3.92. The normalized spacial score (nSPS) is 16.6. The summed E-state index contributed by atoms with van der Waals surface area (Å²) in [6.45, 7) is 7.62. The Hall–Kier alpha value is -4.01. The SMILES string of the molecule is C=CCN1C(=O)C(c2ccc(NC(C)=O)cc2)=C(N2CCN(c3ncccn3)CC2)C1=O. The van der Waals surface area contributed by atoms with Crippen LogP contribution >= 0.6 is 0 Å². The van der Waals surface area contributed by atoms with E-state index < -0.39 is 0 Å². The predicted molar refractivity (Wildman–Crippen MR) is 120 cm³/mol. The van der Waals surface area contributed by atoms with Gasteiger partial charge >= 0.3 is 0 Å². The van der Waals surface area contributed by atoms with Crippen LogP contribution in [-0.2, 0) is 14.4 Å². The van der Waals surface area contributed by atoms with Crippen LogP contribution in [0.1, 0.15) is 12.5 Å². The number of nitrogens with one attached hydrogen (secondary N) is 1. The van der Waals surface area contributed by atoms with E-state index >= 15 is 0 Å². The monoisotopic (exact) mass is 432 g/mol. The van der Waals surface area contributed by atoms with Crippen molar-refractivity contribution in [1.82, 2.24) is 19.8 Å². The predicted octanol–water partition coefficient (Wildman–Crippen LogP) is 1.52. The lowest BCUT2D eigenvalue weighted by Crippen LogP contribution is -2.48. The van der Waals surface area contributed by atoms with Gasteiger partial charge in [-0.2, -0.15) is 0 Å². The average molecular weight is 432 g/mol. The van der Waals surface area contributed by atoms with E-state index in [1.54, 1.807) is 48.8 Å². The van der Waals surface area contributed by atoms with Crippen molar-refractivity contribution in [2.45, 2.75) is 6.92 Å². The smallest absolute Gasteiger partial charge is 0.278 e. The first-order valence-corrected chi connectivity index (χ1v) is 10.4. The van der Waals surface area contributed by atoms with Gasteiger partial charge < -0.3 is 15.1 Å². The Kier molecular flexibility index (Phi) is 5.98. The number of carbonyl (C=O) groups excluding carboxylic acids is 3. The van der Waals surface area contributed by atoms with Gasteiger partial charge in [0.2, 0.25) is 11.9 Å². The van der Waals surface area contributed by atoms with E-state index in [9.17, 15) is 14.4 Å². The van der Waals surface area contributed by atoms with E-state index in [0.717, 1.165) is 0 Å². The molecule has 0 spiro atoms. The number of carbonyl (C=O) groups is 3. The molecule has 4 rings (SSSR count). The molecule has 0 atom stereocenters. The van der Waals surface area contributed by atoms with Crippen molar-refractivity contribution in [3.8, 4) is 0 Å². The van der Waals surface area contributed by atoms with E-state index in [0.29, 0.717) is 54.6 Å². The zero-order valence-electron chi connectivity index (χ0n) is 17.8. The molecule has 9 nitrogen and oxygen atoms in total. The number of hydrogen-bond donors (Lipinski definition) is 1. The highest BCUT2D eigenvalue weighted by Gasteiger charge is 2.41. The highest BCUT2D eigenvalue weighted by atomic mass is 16.2. The molecule has 0 unspecified atom stereocenters. The van der Waals surface area contributed by atoms with Gasteiger partial charge in [0.1, 0.15) is 5.70 Å². The summed E-state index contributed by atoms with van der Waals surface area (Å²) in [5.74, 6) is -0.189. The van der Waals surface area contributed by atoms with Crippen LogP contribution in [0.5, 0.6) is 0 Å². The van der Waals surface area contributed by atoms with Crippen LogP contribution in [0.15, 0.2) is 61.1 Å². The fourth-order valence-corrected chi connectivity index (χ4v) is 3.92. The molecule has 2 aliphatic heterocycles. The molecule has 3 amide bonds. The van der Waals surface area contributed by atoms with Gasteiger partial charge in [0.15, 0.2) is 0 Å². The lowest BCUT2D eigenvalue weighted by Gasteiger charge is -2.36. The summed E-state index contributed by atoms with van der Waals surface area (Å²) < 4.78 is 0. The van der Waals surface area contributed by atoms with E-state index in [-0.39, 0.29) is 24.3 Å². The molecule has 0 radical (unpaired) electrons. The third-order valence-corrected chi connectivity index (χ3v) is 5.38. The molecule has 3 heterocycles. The number of nitrogens with zero attached hydrogens (tertiary/aromatic N) is 5. The van der Waals surface area contributed by atoms with Crippen molar-refractivity contribution in [3.63, 3.8) is 0 Å². The van der Waals surface area contributed by atoms with E-state index in [1.165, 1.54) is 11.8 Å². The van der Waals surface area contributed by atoms with Gasteiger partial charge in [-0.1, -0.05) is 18.2 Å². The van der Waals surface area contributed by atoms with E-state index in [1.807, 2.05) is 4.90 Å². The van der Waals surface area contributed by atoms with Crippen LogP contribution < -0.4 is 10.2 Å². The maximum absolute atomic E-state index is 13.2. The molecule has 1 aromatic heterocycles. The van der Waals surface area contributed by atoms with Crippen LogP contribution in [0.4, 0.5) is 11.6 Å². The van der Waals surface area contributed by atoms with Crippen molar-refractivity contribution >= 4 is 34.9 Å². The number of hydrogen-bond acceptors (Lipinski definition) is 7. The summed E-state index contributed by atoms with van der Waals surface area (Å²) in [6.07, 6.45) is 4.94. The third-order valence-electron chi connectivity index (χ3n) is 5.38. The molecule has 164 valence electrons. The van der Waals surface area contributed by atoms with Gasteiger partial charge in [0, 0.05) is 57.7 Å². The van der Waals surface area contributed by atoms with Crippen LogP contribution in [-0.4, -0.2) is 70.2 Å². The number of rotatable bonds is 6. The second-order valence-electron chi connectivity index (χ2n) is 7.51. The standard InChI is InChI=1S/C23H24N6O3/c1-3-11-29-21(31)19(17-5-7-18(8-6-17)26-16(2)30)20(22(29)32)27-12-14-28(15-13-27)23-24-9-4-10-25-23/h3-10H,1,11-15H2,2H3,(H,26,30). The quantitative estimate of drug-likeness (QED) is 0.546. The summed E-state index contributed by atoms with van der Waals surface area (Å²) in [5.41, 5.74) is 2.03. The lowest BCUT2D eigenvalue weighted by atomic mass is 10.0. The van der Waals surface area contributed by atoms with Crippen molar-refractivity contribution < 1.29 is 14.4 Å². The summed E-state index contributed by atoms with van der Waals surface area (Å²) in [5, 5.41) is 2.71. The molecule has 1 fully saturated rings. The maximum atomic E-state index is 13.2. The molecular formula is C23H24N6O3. The molecule has 9 heteroatoms. The Bertz CT molecular complexity index is 1070. The summed E-state index contributed by atoms with van der Waals surface area (Å²) in [6, 6.07) is 8.71. The number of anilines is 2. The molecule has 2 aliphatic rings. The van der Waals surface area contributed by atoms with E-state index in [2.05, 4.69) is 26.8 Å². The summed E-state index contributed by atoms with van der Waals surface area (Å²) >= 11 is 0. The molecule has 0 bridgehead atoms. The fraction of sp³-hybridized carbons (Fsp3) is 0.261. The Balaban J connectivity index is 1.63. The first-order chi connectivity index (χ1) is 15.5. The molecule has 1 N–H and O–H groups in total. The minimum absolute atomic E-state index is 0.145. The molecule has 1 saturated heterocycles. The first kappa shape index (κ1) is 21.2. The Morgan fingerprint density at radius 2 is 1.66 bits per heavy atom. The Morgan fingerprint density at radius 3 is 2.25 bits per heavy atom. The lowest BCUT2D eigenvalue weighted by molar-refractivity contribution is -0.137. The first-order valence-electron chi connectivity index (χ1n) is 10.4. The number of amides is 3. The molecule has 32 heavy (non-hydrogen) atoms. The molecule has 2 aromatic rings. The Morgan fingerprint density at radius 1 is 1.03 bits per heavy atom. The van der Waals surface area contributed by atoms with Gasteiger partial charge in [-0.15, -0.1) is 6.58 Å². The summed E-state index contributed by atoms with van der Waals surface area (Å²) in [4.78, 5) is 51.5. The van der Waals surface area contributed by atoms with Crippen molar-refractivity contribution in [3.05, 3.63) is 66.6 Å². The molecule has 1 aromatic carbocycles. The number of aromatic nitrogens is 2. The van der Waals surface area contributed by atoms with Crippen molar-refractivity contribution in [1.29, 1.82) is 0 Å². The molecule has 0 aliphatic carbocycles. The van der Waals surface area contributed by atoms with Gasteiger partial charge in [0.05, 0.1) is 5.57 Å². The second kappa shape index (κ2) is 9.01.